The van der Waals surface area contributed by atoms with Crippen molar-refractivity contribution in [1.29, 1.82) is 0 Å². The van der Waals surface area contributed by atoms with Crippen molar-refractivity contribution in [1.82, 2.24) is 4.90 Å². The van der Waals surface area contributed by atoms with E-state index in [4.69, 9.17) is 0 Å². The van der Waals surface area contributed by atoms with Crippen LogP contribution in [0.4, 0.5) is 0 Å². The zero-order chi connectivity index (χ0) is 7.56. The van der Waals surface area contributed by atoms with Crippen LogP contribution in [0.3, 0.4) is 0 Å². The van der Waals surface area contributed by atoms with Crippen molar-refractivity contribution in [3.8, 4) is 0 Å². The summed E-state index contributed by atoms with van der Waals surface area (Å²) in [7, 11) is 4.05. The first-order valence-electron chi connectivity index (χ1n) is 4.30. The van der Waals surface area contributed by atoms with Gasteiger partial charge in [-0.15, -0.1) is 0 Å². The third-order valence-electron chi connectivity index (χ3n) is 2.46. The molecule has 10 heavy (non-hydrogen) atoms. The molecule has 0 atom stereocenters. The van der Waals surface area contributed by atoms with Crippen LogP contribution < -0.4 is 0 Å². The van der Waals surface area contributed by atoms with E-state index in [0.29, 0.717) is 6.04 Å². The molecule has 59 valence electrons. The Kier molecular flexibility index (Phi) is 2.72. The molecule has 0 aromatic rings. The molecule has 0 aromatic heterocycles. The second-order valence-electron chi connectivity index (χ2n) is 3.55. The zero-order valence-electron chi connectivity index (χ0n) is 7.14. The highest BCUT2D eigenvalue weighted by Gasteiger charge is 2.20. The van der Waals surface area contributed by atoms with Crippen molar-refractivity contribution < 1.29 is 0 Å². The third-order valence-corrected chi connectivity index (χ3v) is 2.46. The lowest BCUT2D eigenvalue weighted by Crippen LogP contribution is -2.33. The van der Waals surface area contributed by atoms with Gasteiger partial charge in [-0.3, -0.25) is 4.90 Å². The molecule has 1 heteroatoms. The summed E-state index contributed by atoms with van der Waals surface area (Å²) in [5, 5.41) is 0. The van der Waals surface area contributed by atoms with Crippen molar-refractivity contribution in [2.75, 3.05) is 0 Å². The highest BCUT2D eigenvalue weighted by atomic mass is 15.1. The van der Waals surface area contributed by atoms with Crippen LogP contribution in [0.2, 0.25) is 0 Å². The molecule has 1 aliphatic rings. The maximum absolute atomic E-state index is 4.05. The summed E-state index contributed by atoms with van der Waals surface area (Å²) in [6.07, 6.45) is 5.54. The Morgan fingerprint density at radius 2 is 1.80 bits per heavy atom. The average molecular weight is 140 g/mol. The number of hydrogen-bond acceptors (Lipinski definition) is 1. The fraction of sp³-hybridized carbons (Fsp3) is 0.889. The molecular weight excluding hydrogens is 122 g/mol. The van der Waals surface area contributed by atoms with Gasteiger partial charge in [0.05, 0.1) is 0 Å². The molecule has 0 amide bonds. The van der Waals surface area contributed by atoms with Crippen molar-refractivity contribution in [2.24, 2.45) is 0 Å². The van der Waals surface area contributed by atoms with Crippen LogP contribution in [-0.2, 0) is 0 Å². The van der Waals surface area contributed by atoms with Crippen molar-refractivity contribution in [3.63, 3.8) is 0 Å². The molecule has 0 spiro atoms. The molecule has 1 aliphatic carbocycles. The summed E-state index contributed by atoms with van der Waals surface area (Å²) in [5.74, 6) is 0. The van der Waals surface area contributed by atoms with E-state index in [9.17, 15) is 0 Å². The van der Waals surface area contributed by atoms with Gasteiger partial charge in [0.2, 0.25) is 0 Å². The molecule has 1 nitrogen and oxygen atoms in total. The Hall–Kier alpha value is -0.0400. The minimum Gasteiger partial charge on any atom is -0.297 e. The van der Waals surface area contributed by atoms with Crippen molar-refractivity contribution in [2.45, 2.75) is 51.6 Å². The van der Waals surface area contributed by atoms with E-state index < -0.39 is 0 Å². The second-order valence-corrected chi connectivity index (χ2v) is 3.55. The maximum Gasteiger partial charge on any atom is 0.0115 e. The van der Waals surface area contributed by atoms with Gasteiger partial charge in [-0.25, -0.2) is 0 Å². The van der Waals surface area contributed by atoms with Crippen LogP contribution in [0, 0.1) is 7.05 Å². The van der Waals surface area contributed by atoms with E-state index in [1.54, 1.807) is 0 Å². The smallest absolute Gasteiger partial charge is 0.0115 e. The summed E-state index contributed by atoms with van der Waals surface area (Å²) < 4.78 is 0. The minimum atomic E-state index is 0.614. The molecule has 0 N–H and O–H groups in total. The maximum atomic E-state index is 4.05. The molecule has 1 rings (SSSR count). The van der Waals surface area contributed by atoms with Gasteiger partial charge in [0.25, 0.3) is 0 Å². The Bertz CT molecular complexity index is 92.9. The van der Waals surface area contributed by atoms with Crippen molar-refractivity contribution >= 4 is 0 Å². The van der Waals surface area contributed by atoms with Crippen LogP contribution >= 0.6 is 0 Å². The van der Waals surface area contributed by atoms with Gasteiger partial charge in [0, 0.05) is 19.1 Å². The van der Waals surface area contributed by atoms with Gasteiger partial charge in [-0.05, 0) is 26.7 Å². The van der Waals surface area contributed by atoms with Crippen LogP contribution in [0.1, 0.15) is 39.5 Å². The fourth-order valence-electron chi connectivity index (χ4n) is 1.66. The third kappa shape index (κ3) is 1.72. The minimum absolute atomic E-state index is 0.614. The van der Waals surface area contributed by atoms with E-state index in [0.717, 1.165) is 6.04 Å². The Balaban J connectivity index is 2.32. The molecule has 0 aliphatic heterocycles. The van der Waals surface area contributed by atoms with Crippen LogP contribution in [0.25, 0.3) is 0 Å². The molecule has 0 saturated heterocycles. The largest absolute Gasteiger partial charge is 0.297 e. The average Bonchev–Trinajstić information content (AvgIpc) is 2.36. The topological polar surface area (TPSA) is 3.24 Å². The van der Waals surface area contributed by atoms with Gasteiger partial charge in [0.15, 0.2) is 0 Å². The quantitative estimate of drug-likeness (QED) is 0.569. The lowest BCUT2D eigenvalue weighted by Gasteiger charge is -2.27. The molecule has 1 saturated carbocycles. The lowest BCUT2D eigenvalue weighted by atomic mass is 10.2. The highest BCUT2D eigenvalue weighted by molar-refractivity contribution is 4.78. The summed E-state index contributed by atoms with van der Waals surface area (Å²) >= 11 is 0. The van der Waals surface area contributed by atoms with Gasteiger partial charge in [-0.1, -0.05) is 12.8 Å². The molecule has 1 radical (unpaired) electrons. The Morgan fingerprint density at radius 1 is 1.30 bits per heavy atom. The molecule has 0 unspecified atom stereocenters. The highest BCUT2D eigenvalue weighted by Crippen LogP contribution is 2.23. The number of rotatable bonds is 2. The van der Waals surface area contributed by atoms with E-state index in [1.807, 2.05) is 0 Å². The standard InChI is InChI=1S/C9H18N/c1-8(2)10(3)9-6-4-5-7-9/h8-9H,3-7H2,1-2H3. The SMILES string of the molecule is [CH2]N(C(C)C)C1CCCC1. The van der Waals surface area contributed by atoms with Crippen LogP contribution in [0.5, 0.6) is 0 Å². The van der Waals surface area contributed by atoms with E-state index >= 15 is 0 Å². The molecular formula is C9H18N. The first-order chi connectivity index (χ1) is 4.72. The van der Waals surface area contributed by atoms with Gasteiger partial charge < -0.3 is 0 Å². The van der Waals surface area contributed by atoms with E-state index in [1.165, 1.54) is 25.7 Å². The summed E-state index contributed by atoms with van der Waals surface area (Å²) in [6, 6.07) is 1.39. The Morgan fingerprint density at radius 3 is 2.20 bits per heavy atom. The molecule has 0 aromatic carbocycles. The molecule has 0 heterocycles. The van der Waals surface area contributed by atoms with Gasteiger partial charge in [0.1, 0.15) is 0 Å². The second kappa shape index (κ2) is 3.38. The van der Waals surface area contributed by atoms with E-state index in [2.05, 4.69) is 25.8 Å². The van der Waals surface area contributed by atoms with Crippen LogP contribution in [0.15, 0.2) is 0 Å². The summed E-state index contributed by atoms with van der Waals surface area (Å²) in [5.41, 5.74) is 0. The predicted molar refractivity (Wildman–Crippen MR) is 44.6 cm³/mol. The van der Waals surface area contributed by atoms with Crippen LogP contribution in [-0.4, -0.2) is 17.0 Å². The molecule has 0 bridgehead atoms. The first kappa shape index (κ1) is 8.06. The Labute approximate surface area is 64.4 Å². The number of nitrogens with zero attached hydrogens (tertiary/aromatic N) is 1. The predicted octanol–water partition coefficient (Wildman–Crippen LogP) is 2.43. The monoisotopic (exact) mass is 140 g/mol. The van der Waals surface area contributed by atoms with Crippen molar-refractivity contribution in [3.05, 3.63) is 7.05 Å². The first-order valence-corrected chi connectivity index (χ1v) is 4.30. The normalized spacial score (nSPS) is 21.3. The van der Waals surface area contributed by atoms with Gasteiger partial charge in [-0.2, -0.15) is 0 Å². The van der Waals surface area contributed by atoms with E-state index in [-0.39, 0.29) is 0 Å². The molecule has 1 fully saturated rings. The fourth-order valence-corrected chi connectivity index (χ4v) is 1.66. The number of hydrogen-bond donors (Lipinski definition) is 0. The van der Waals surface area contributed by atoms with Gasteiger partial charge >= 0.3 is 0 Å². The summed E-state index contributed by atoms with van der Waals surface area (Å²) in [6.45, 7) is 4.43. The zero-order valence-corrected chi connectivity index (χ0v) is 7.14. The lowest BCUT2D eigenvalue weighted by molar-refractivity contribution is 0.225. The summed E-state index contributed by atoms with van der Waals surface area (Å²) in [4.78, 5) is 2.26.